The number of nitrogens with one attached hydrogen (secondary N) is 1. The summed E-state index contributed by atoms with van der Waals surface area (Å²) >= 11 is 1.27. The number of aromatic nitrogens is 6. The molecule has 4 heterocycles. The SMILES string of the molecule is Cn1cc(NC(=O)c2csc(-c3cnn(CO[P+](=O)[O-])c3)n2)c(-c2ccccn2)n1.[Na+]. The van der Waals surface area contributed by atoms with Crippen LogP contribution in [0.2, 0.25) is 0 Å². The number of thiazole rings is 1. The van der Waals surface area contributed by atoms with Crippen molar-refractivity contribution < 1.29 is 48.3 Å². The summed E-state index contributed by atoms with van der Waals surface area (Å²) in [6.45, 7) is -0.227. The second-order valence-corrected chi connectivity index (χ2v) is 7.59. The van der Waals surface area contributed by atoms with Gasteiger partial charge in [0.2, 0.25) is 0 Å². The molecule has 1 atom stereocenters. The van der Waals surface area contributed by atoms with Crippen molar-refractivity contribution in [2.45, 2.75) is 6.73 Å². The third-order valence-corrected chi connectivity index (χ3v) is 5.11. The Morgan fingerprint density at radius 3 is 2.94 bits per heavy atom. The van der Waals surface area contributed by atoms with E-state index in [0.29, 0.717) is 27.6 Å². The molecule has 0 saturated heterocycles. The summed E-state index contributed by atoms with van der Waals surface area (Å²) in [6.07, 6.45) is 6.45. The summed E-state index contributed by atoms with van der Waals surface area (Å²) in [6, 6.07) is 5.45. The van der Waals surface area contributed by atoms with Gasteiger partial charge in [-0.1, -0.05) is 6.07 Å². The molecule has 152 valence electrons. The van der Waals surface area contributed by atoms with Crippen molar-refractivity contribution in [3.8, 4) is 22.0 Å². The molecule has 0 fully saturated rings. The third kappa shape index (κ3) is 5.69. The Balaban J connectivity index is 0.00000272. The number of aryl methyl sites for hydroxylation is 1. The number of hydrogen-bond acceptors (Lipinski definition) is 9. The third-order valence-electron chi connectivity index (χ3n) is 3.90. The summed E-state index contributed by atoms with van der Waals surface area (Å²) < 4.78 is 17.9. The fourth-order valence-electron chi connectivity index (χ4n) is 2.62. The standard InChI is InChI=1S/C17H14N7O4PS.Na/c1-23-8-13(15(22-23)12-4-2-3-5-18-12)20-16(25)14-9-30-17(21-14)11-6-19-24(7-11)10-28-29(26)27;/h2-9H,10H2,1H3,(H,20,25);/q;+1. The van der Waals surface area contributed by atoms with Crippen LogP contribution in [0.15, 0.2) is 48.4 Å². The molecular formula is C17H14N7NaO4PS+. The summed E-state index contributed by atoms with van der Waals surface area (Å²) in [5.74, 6) is -0.387. The van der Waals surface area contributed by atoms with Crippen LogP contribution in [0.1, 0.15) is 10.5 Å². The average molecular weight is 466 g/mol. The number of hydrogen-bond donors (Lipinski definition) is 1. The van der Waals surface area contributed by atoms with E-state index in [1.54, 1.807) is 41.8 Å². The number of carbonyl (C=O) groups is 1. The first-order chi connectivity index (χ1) is 14.5. The molecule has 0 aromatic carbocycles. The molecule has 31 heavy (non-hydrogen) atoms. The average Bonchev–Trinajstić information content (AvgIpc) is 3.46. The maximum Gasteiger partial charge on any atom is 1.00 e. The van der Waals surface area contributed by atoms with E-state index in [-0.39, 0.29) is 47.9 Å². The van der Waals surface area contributed by atoms with Crippen LogP contribution >= 0.6 is 19.6 Å². The van der Waals surface area contributed by atoms with Crippen LogP contribution in [0.3, 0.4) is 0 Å². The normalized spacial score (nSPS) is 11.1. The largest absolute Gasteiger partial charge is 1.00 e. The molecule has 0 bridgehead atoms. The maximum atomic E-state index is 12.7. The molecule has 0 saturated carbocycles. The van der Waals surface area contributed by atoms with Gasteiger partial charge in [-0.05, 0) is 16.7 Å². The van der Waals surface area contributed by atoms with Crippen molar-refractivity contribution in [2.75, 3.05) is 5.32 Å². The Labute approximate surface area is 203 Å². The van der Waals surface area contributed by atoms with Crippen molar-refractivity contribution in [1.82, 2.24) is 29.5 Å². The topological polar surface area (TPSA) is 140 Å². The Morgan fingerprint density at radius 1 is 1.35 bits per heavy atom. The zero-order valence-electron chi connectivity index (χ0n) is 16.5. The van der Waals surface area contributed by atoms with Crippen molar-refractivity contribution in [3.05, 3.63) is 54.1 Å². The Morgan fingerprint density at radius 2 is 2.19 bits per heavy atom. The summed E-state index contributed by atoms with van der Waals surface area (Å²) in [5.41, 5.74) is 2.59. The Kier molecular flexibility index (Phi) is 7.79. The van der Waals surface area contributed by atoms with E-state index in [4.69, 9.17) is 0 Å². The van der Waals surface area contributed by atoms with Crippen LogP contribution in [0.5, 0.6) is 0 Å². The van der Waals surface area contributed by atoms with E-state index in [1.807, 2.05) is 12.1 Å². The predicted molar refractivity (Wildman–Crippen MR) is 106 cm³/mol. The van der Waals surface area contributed by atoms with Gasteiger partial charge >= 0.3 is 37.8 Å². The second kappa shape index (κ2) is 10.3. The van der Waals surface area contributed by atoms with Crippen molar-refractivity contribution >= 4 is 31.2 Å². The molecule has 4 aromatic rings. The van der Waals surface area contributed by atoms with Crippen molar-refractivity contribution in [1.29, 1.82) is 0 Å². The van der Waals surface area contributed by atoms with E-state index in [1.165, 1.54) is 22.2 Å². The minimum Gasteiger partial charge on any atom is -0.566 e. The first kappa shape index (κ1) is 23.4. The molecule has 0 aliphatic carbocycles. The van der Waals surface area contributed by atoms with E-state index < -0.39 is 8.25 Å². The molecule has 1 amide bonds. The van der Waals surface area contributed by atoms with Gasteiger partial charge in [-0.3, -0.25) is 14.5 Å². The number of carbonyl (C=O) groups excluding carboxylic acids is 1. The van der Waals surface area contributed by atoms with Gasteiger partial charge in [0.1, 0.15) is 16.4 Å². The molecule has 4 rings (SSSR count). The Bertz CT molecular complexity index is 1210. The first-order valence-corrected chi connectivity index (χ1v) is 10.5. The van der Waals surface area contributed by atoms with Crippen LogP contribution < -0.4 is 39.8 Å². The van der Waals surface area contributed by atoms with Gasteiger partial charge in [0.15, 0.2) is 6.73 Å². The molecule has 0 aliphatic heterocycles. The molecule has 1 unspecified atom stereocenters. The molecule has 0 spiro atoms. The zero-order chi connectivity index (χ0) is 21.1. The monoisotopic (exact) mass is 466 g/mol. The van der Waals surface area contributed by atoms with E-state index in [9.17, 15) is 14.3 Å². The molecule has 1 N–H and O–H groups in total. The van der Waals surface area contributed by atoms with Crippen LogP contribution in [0.25, 0.3) is 22.0 Å². The number of nitrogens with zero attached hydrogens (tertiary/aromatic N) is 6. The fourth-order valence-corrected chi connectivity index (χ4v) is 3.61. The van der Waals surface area contributed by atoms with E-state index in [0.717, 1.165) is 0 Å². The van der Waals surface area contributed by atoms with Gasteiger partial charge in [0.25, 0.3) is 5.91 Å². The fraction of sp³-hybridized carbons (Fsp3) is 0.118. The van der Waals surface area contributed by atoms with Crippen LogP contribution in [0.4, 0.5) is 5.69 Å². The quantitative estimate of drug-likeness (QED) is 0.272. The molecule has 11 nitrogen and oxygen atoms in total. The maximum absolute atomic E-state index is 12.7. The minimum atomic E-state index is -2.95. The summed E-state index contributed by atoms with van der Waals surface area (Å²) in [5, 5.41) is 13.4. The molecule has 14 heteroatoms. The number of rotatable bonds is 7. The zero-order valence-corrected chi connectivity index (χ0v) is 20.2. The summed E-state index contributed by atoms with van der Waals surface area (Å²) in [7, 11) is -1.20. The van der Waals surface area contributed by atoms with Gasteiger partial charge in [0.05, 0.1) is 17.6 Å². The van der Waals surface area contributed by atoms with Gasteiger partial charge in [-0.15, -0.1) is 15.9 Å². The predicted octanol–water partition coefficient (Wildman–Crippen LogP) is -0.950. The first-order valence-electron chi connectivity index (χ1n) is 8.51. The number of pyridine rings is 1. The van der Waals surface area contributed by atoms with E-state index >= 15 is 0 Å². The minimum absolute atomic E-state index is 0. The molecular weight excluding hydrogens is 452 g/mol. The smallest absolute Gasteiger partial charge is 0.566 e. The van der Waals surface area contributed by atoms with Gasteiger partial charge in [-0.25, -0.2) is 9.67 Å². The van der Waals surface area contributed by atoms with Crippen LogP contribution in [0, 0.1) is 0 Å². The van der Waals surface area contributed by atoms with Crippen LogP contribution in [-0.4, -0.2) is 35.4 Å². The molecule has 0 radical (unpaired) electrons. The van der Waals surface area contributed by atoms with Gasteiger partial charge in [0, 0.05) is 36.6 Å². The Hall–Kier alpha value is -2.31. The van der Waals surface area contributed by atoms with Gasteiger partial charge in [-0.2, -0.15) is 10.2 Å². The van der Waals surface area contributed by atoms with Crippen molar-refractivity contribution in [3.63, 3.8) is 0 Å². The van der Waals surface area contributed by atoms with Crippen LogP contribution in [-0.2, 0) is 22.9 Å². The number of amides is 1. The summed E-state index contributed by atoms with van der Waals surface area (Å²) in [4.78, 5) is 31.8. The van der Waals surface area contributed by atoms with E-state index in [2.05, 4.69) is 30.0 Å². The second-order valence-electron chi connectivity index (χ2n) is 6.02. The van der Waals surface area contributed by atoms with Gasteiger partial charge < -0.3 is 10.2 Å². The molecule has 0 aliphatic rings. The molecule has 4 aromatic heterocycles. The number of anilines is 1. The van der Waals surface area contributed by atoms with Crippen molar-refractivity contribution in [2.24, 2.45) is 7.05 Å².